The third-order valence-electron chi connectivity index (χ3n) is 7.80. The molecule has 0 heterocycles. The molecule has 8 nitrogen and oxygen atoms in total. The van der Waals surface area contributed by atoms with Crippen LogP contribution in [0.2, 0.25) is 0 Å². The van der Waals surface area contributed by atoms with Crippen LogP contribution in [0.25, 0.3) is 0 Å². The fourth-order valence-corrected chi connectivity index (χ4v) is 5.30. The smallest absolute Gasteiger partial charge is 0.462 e. The van der Waals surface area contributed by atoms with Gasteiger partial charge in [-0.25, -0.2) is 4.57 Å². The molecule has 0 fully saturated rings. The number of hydrogen-bond donors (Lipinski definition) is 2. The van der Waals surface area contributed by atoms with E-state index in [4.69, 9.17) is 19.3 Å². The van der Waals surface area contributed by atoms with Crippen LogP contribution in [0, 0.1) is 0 Å². The van der Waals surface area contributed by atoms with Gasteiger partial charge in [-0.05, 0) is 64.2 Å². The molecule has 2 N–H and O–H groups in total. The van der Waals surface area contributed by atoms with E-state index in [2.05, 4.69) is 60.9 Å². The molecule has 0 aliphatic carbocycles. The molecule has 0 saturated carbocycles. The van der Waals surface area contributed by atoms with E-state index in [9.17, 15) is 14.2 Å². The maximum Gasteiger partial charge on any atom is 0.469 e. The van der Waals surface area contributed by atoms with Crippen LogP contribution in [0.15, 0.2) is 72.9 Å². The van der Waals surface area contributed by atoms with Crippen molar-refractivity contribution in [3.05, 3.63) is 72.9 Å². The number of allylic oxidation sites excluding steroid dienone is 12. The minimum absolute atomic E-state index is 0.193. The van der Waals surface area contributed by atoms with E-state index in [-0.39, 0.29) is 19.4 Å². The second-order valence-electron chi connectivity index (χ2n) is 12.6. The van der Waals surface area contributed by atoms with Gasteiger partial charge in [0.05, 0.1) is 6.61 Å². The summed E-state index contributed by atoms with van der Waals surface area (Å²) in [4.78, 5) is 42.7. The molecule has 50 heavy (non-hydrogen) atoms. The number of rotatable bonds is 34. The zero-order chi connectivity index (χ0) is 36.8. The molecule has 0 aliphatic heterocycles. The van der Waals surface area contributed by atoms with Crippen molar-refractivity contribution in [1.82, 2.24) is 0 Å². The summed E-state index contributed by atoms with van der Waals surface area (Å²) in [5.41, 5.74) is 0. The average molecular weight is 721 g/mol. The zero-order valence-electron chi connectivity index (χ0n) is 31.3. The fourth-order valence-electron chi connectivity index (χ4n) is 4.94. The lowest BCUT2D eigenvalue weighted by atomic mass is 10.1. The van der Waals surface area contributed by atoms with E-state index >= 15 is 0 Å². The predicted molar refractivity (Wildman–Crippen MR) is 207 cm³/mol. The fraction of sp³-hybridized carbons (Fsp3) is 0.659. The van der Waals surface area contributed by atoms with Gasteiger partial charge in [-0.3, -0.25) is 14.1 Å². The molecule has 1 atom stereocenters. The Morgan fingerprint density at radius 1 is 0.560 bits per heavy atom. The Morgan fingerprint density at radius 2 is 1.04 bits per heavy atom. The van der Waals surface area contributed by atoms with Gasteiger partial charge in [0, 0.05) is 12.8 Å². The highest BCUT2D eigenvalue weighted by atomic mass is 31.2. The van der Waals surface area contributed by atoms with Gasteiger partial charge in [0.2, 0.25) is 0 Å². The Balaban J connectivity index is 4.03. The van der Waals surface area contributed by atoms with Crippen LogP contribution >= 0.6 is 7.82 Å². The van der Waals surface area contributed by atoms with E-state index < -0.39 is 32.5 Å². The van der Waals surface area contributed by atoms with Crippen molar-refractivity contribution < 1.29 is 37.9 Å². The topological polar surface area (TPSA) is 119 Å². The van der Waals surface area contributed by atoms with Crippen LogP contribution in [0.3, 0.4) is 0 Å². The van der Waals surface area contributed by atoms with Crippen molar-refractivity contribution in [2.24, 2.45) is 0 Å². The molecule has 0 radical (unpaired) electrons. The highest BCUT2D eigenvalue weighted by molar-refractivity contribution is 7.46. The number of ether oxygens (including phenoxy) is 2. The Hall–Kier alpha value is -2.51. The summed E-state index contributed by atoms with van der Waals surface area (Å²) in [6.07, 6.45) is 46.1. The van der Waals surface area contributed by atoms with Crippen molar-refractivity contribution in [3.8, 4) is 0 Å². The van der Waals surface area contributed by atoms with Crippen molar-refractivity contribution in [3.63, 3.8) is 0 Å². The van der Waals surface area contributed by atoms with Gasteiger partial charge in [0.15, 0.2) is 6.10 Å². The molecule has 0 saturated heterocycles. The second kappa shape index (κ2) is 36.3. The number of carbonyl (C=O) groups is 2. The van der Waals surface area contributed by atoms with Crippen LogP contribution in [0.4, 0.5) is 0 Å². The molecule has 0 spiro atoms. The van der Waals surface area contributed by atoms with Gasteiger partial charge in [-0.1, -0.05) is 151 Å². The third-order valence-corrected chi connectivity index (χ3v) is 8.29. The van der Waals surface area contributed by atoms with Gasteiger partial charge < -0.3 is 19.3 Å². The highest BCUT2D eigenvalue weighted by Crippen LogP contribution is 2.36. The molecule has 9 heteroatoms. The minimum Gasteiger partial charge on any atom is -0.462 e. The molecule has 286 valence electrons. The Kier molecular flexibility index (Phi) is 34.5. The van der Waals surface area contributed by atoms with E-state index in [0.717, 1.165) is 70.6 Å². The van der Waals surface area contributed by atoms with E-state index in [1.807, 2.05) is 30.4 Å². The first kappa shape index (κ1) is 47.5. The quantitative estimate of drug-likeness (QED) is 0.0222. The molecular weight excluding hydrogens is 651 g/mol. The van der Waals surface area contributed by atoms with E-state index in [1.54, 1.807) is 0 Å². The molecule has 0 aromatic heterocycles. The molecule has 0 aliphatic rings. The summed E-state index contributed by atoms with van der Waals surface area (Å²) < 4.78 is 26.3. The van der Waals surface area contributed by atoms with E-state index in [1.165, 1.54) is 44.9 Å². The normalized spacial score (nSPS) is 13.3. The largest absolute Gasteiger partial charge is 0.469 e. The second-order valence-corrected chi connectivity index (χ2v) is 13.8. The summed E-state index contributed by atoms with van der Waals surface area (Å²) >= 11 is 0. The first-order valence-electron chi connectivity index (χ1n) is 19.3. The SMILES string of the molecule is CC/C=C/C=C/C=C/C=C/CCCCCCCC(=O)OC[C@H](COP(=O)(O)O)OC(=O)CCCCCCCCC/C=C/C/C=C/CCCCC. The number of unbranched alkanes of at least 4 members (excludes halogenated alkanes) is 15. The number of phosphoric ester groups is 1. The van der Waals surface area contributed by atoms with Gasteiger partial charge >= 0.3 is 19.8 Å². The lowest BCUT2D eigenvalue weighted by molar-refractivity contribution is -0.161. The van der Waals surface area contributed by atoms with Crippen LogP contribution in [0.5, 0.6) is 0 Å². The summed E-state index contributed by atoms with van der Waals surface area (Å²) in [5.74, 6) is -0.928. The molecule has 0 unspecified atom stereocenters. The van der Waals surface area contributed by atoms with Crippen LogP contribution in [0.1, 0.15) is 155 Å². The predicted octanol–water partition coefficient (Wildman–Crippen LogP) is 11.5. The maximum absolute atomic E-state index is 12.4. The van der Waals surface area contributed by atoms with E-state index in [0.29, 0.717) is 12.8 Å². The van der Waals surface area contributed by atoms with Crippen molar-refractivity contribution in [2.45, 2.75) is 161 Å². The molecule has 0 aromatic rings. The molecule has 0 aromatic carbocycles. The number of phosphoric acid groups is 1. The monoisotopic (exact) mass is 720 g/mol. The molecule has 0 rings (SSSR count). The van der Waals surface area contributed by atoms with Gasteiger partial charge in [-0.15, -0.1) is 0 Å². The summed E-state index contributed by atoms with van der Waals surface area (Å²) in [5, 5.41) is 0. The highest BCUT2D eigenvalue weighted by Gasteiger charge is 2.22. The summed E-state index contributed by atoms with van der Waals surface area (Å²) in [7, 11) is -4.76. The van der Waals surface area contributed by atoms with Crippen LogP contribution in [-0.4, -0.2) is 41.0 Å². The number of hydrogen-bond acceptors (Lipinski definition) is 6. The third kappa shape index (κ3) is 38.3. The van der Waals surface area contributed by atoms with Crippen molar-refractivity contribution in [1.29, 1.82) is 0 Å². The number of carbonyl (C=O) groups excluding carboxylic acids is 2. The Labute approximate surface area is 304 Å². The standard InChI is InChI=1S/C41H69O8P/c1-3-5-7-9-11-13-15-17-19-20-22-24-26-28-30-32-34-36-41(43)49-39(38-48-50(44,45)46)37-47-40(42)35-33-31-29-27-25-23-21-18-16-14-12-10-8-6-4-2/h6,8,10-14,16-19,21,39H,3-5,7,9,15,20,22-38H2,1-2H3,(H2,44,45,46)/b8-6+,12-10+,13-11+,16-14+,19-17+,21-18+/t39-/m1/s1. The molecule has 0 amide bonds. The van der Waals surface area contributed by atoms with Gasteiger partial charge in [-0.2, -0.15) is 0 Å². The average Bonchev–Trinajstić information content (AvgIpc) is 3.08. The summed E-state index contributed by atoms with van der Waals surface area (Å²) in [6.45, 7) is 3.48. The van der Waals surface area contributed by atoms with Crippen molar-refractivity contribution in [2.75, 3.05) is 13.2 Å². The Bertz CT molecular complexity index is 1040. The Morgan fingerprint density at radius 3 is 1.60 bits per heavy atom. The van der Waals surface area contributed by atoms with Gasteiger partial charge in [0.25, 0.3) is 0 Å². The number of esters is 2. The van der Waals surface area contributed by atoms with Crippen LogP contribution < -0.4 is 0 Å². The maximum atomic E-state index is 12.4. The minimum atomic E-state index is -4.76. The molecular formula is C41H69O8P. The van der Waals surface area contributed by atoms with Gasteiger partial charge in [0.1, 0.15) is 6.61 Å². The van der Waals surface area contributed by atoms with Crippen molar-refractivity contribution >= 4 is 19.8 Å². The molecule has 0 bridgehead atoms. The first-order chi connectivity index (χ1) is 24.3. The lowest BCUT2D eigenvalue weighted by Crippen LogP contribution is -2.29. The van der Waals surface area contributed by atoms with Crippen LogP contribution in [-0.2, 0) is 28.2 Å². The zero-order valence-corrected chi connectivity index (χ0v) is 32.2. The summed E-state index contributed by atoms with van der Waals surface area (Å²) in [6, 6.07) is 0. The lowest BCUT2D eigenvalue weighted by Gasteiger charge is -2.18. The first-order valence-corrected chi connectivity index (χ1v) is 20.8.